The van der Waals surface area contributed by atoms with E-state index >= 15 is 0 Å². The van der Waals surface area contributed by atoms with E-state index in [1.54, 1.807) is 36.2 Å². The predicted octanol–water partition coefficient (Wildman–Crippen LogP) is 2.74. The molecule has 0 radical (unpaired) electrons. The number of amides is 2. The number of nitrogens with one attached hydrogen (secondary N) is 1. The second kappa shape index (κ2) is 7.41. The van der Waals surface area contributed by atoms with Gasteiger partial charge in [0, 0.05) is 13.6 Å². The summed E-state index contributed by atoms with van der Waals surface area (Å²) in [4.78, 5) is 25.1. The van der Waals surface area contributed by atoms with Gasteiger partial charge in [-0.25, -0.2) is 9.59 Å². The molecule has 0 aliphatic rings. The molecular weight excluding hydrogens is 244 g/mol. The minimum absolute atomic E-state index is 0.232. The van der Waals surface area contributed by atoms with Gasteiger partial charge in [0.15, 0.2) is 0 Å². The molecule has 1 aromatic carbocycles. The fraction of sp³-hybridized carbons (Fsp3) is 0.429. The molecule has 104 valence electrons. The maximum absolute atomic E-state index is 11.9. The maximum atomic E-state index is 11.9. The summed E-state index contributed by atoms with van der Waals surface area (Å²) in [6.45, 7) is 2.75. The molecule has 1 N–H and O–H groups in total. The van der Waals surface area contributed by atoms with E-state index in [0.29, 0.717) is 17.8 Å². The lowest BCUT2D eigenvalue weighted by Crippen LogP contribution is -2.32. The van der Waals surface area contributed by atoms with E-state index < -0.39 is 5.97 Å². The quantitative estimate of drug-likeness (QED) is 0.832. The summed E-state index contributed by atoms with van der Waals surface area (Å²) in [5, 5.41) is 2.72. The third-order valence-electron chi connectivity index (χ3n) is 2.77. The smallest absolute Gasteiger partial charge is 0.339 e. The van der Waals surface area contributed by atoms with Crippen molar-refractivity contribution in [2.45, 2.75) is 19.8 Å². The van der Waals surface area contributed by atoms with Gasteiger partial charge in [0.05, 0.1) is 18.4 Å². The molecule has 0 saturated carbocycles. The Hall–Kier alpha value is -2.04. The number of methoxy groups -OCH3 is 1. The van der Waals surface area contributed by atoms with Crippen LogP contribution in [-0.2, 0) is 4.74 Å². The summed E-state index contributed by atoms with van der Waals surface area (Å²) in [6, 6.07) is 6.55. The van der Waals surface area contributed by atoms with Crippen molar-refractivity contribution in [1.82, 2.24) is 4.90 Å². The molecule has 0 saturated heterocycles. The topological polar surface area (TPSA) is 58.6 Å². The molecule has 0 heterocycles. The lowest BCUT2D eigenvalue weighted by molar-refractivity contribution is 0.0602. The number of hydrogen-bond donors (Lipinski definition) is 1. The second-order valence-electron chi connectivity index (χ2n) is 4.24. The van der Waals surface area contributed by atoms with Crippen molar-refractivity contribution in [3.8, 4) is 0 Å². The largest absolute Gasteiger partial charge is 0.465 e. The molecule has 5 nitrogen and oxygen atoms in total. The van der Waals surface area contributed by atoms with Crippen molar-refractivity contribution >= 4 is 17.7 Å². The number of carbonyl (C=O) groups excluding carboxylic acids is 2. The first-order valence-corrected chi connectivity index (χ1v) is 6.29. The Balaban J connectivity index is 2.76. The first-order valence-electron chi connectivity index (χ1n) is 6.29. The predicted molar refractivity (Wildman–Crippen MR) is 74.3 cm³/mol. The van der Waals surface area contributed by atoms with Crippen molar-refractivity contribution in [3.05, 3.63) is 29.8 Å². The van der Waals surface area contributed by atoms with Gasteiger partial charge in [0.1, 0.15) is 0 Å². The minimum Gasteiger partial charge on any atom is -0.465 e. The highest BCUT2D eigenvalue weighted by Gasteiger charge is 2.14. The number of anilines is 1. The minimum atomic E-state index is -0.466. The second-order valence-corrected chi connectivity index (χ2v) is 4.24. The van der Waals surface area contributed by atoms with Gasteiger partial charge in [0.2, 0.25) is 0 Å². The summed E-state index contributed by atoms with van der Waals surface area (Å²) in [5.41, 5.74) is 0.810. The summed E-state index contributed by atoms with van der Waals surface area (Å²) >= 11 is 0. The van der Waals surface area contributed by atoms with Crippen LogP contribution in [0.2, 0.25) is 0 Å². The van der Waals surface area contributed by atoms with Crippen molar-refractivity contribution in [3.63, 3.8) is 0 Å². The number of hydrogen-bond acceptors (Lipinski definition) is 3. The molecule has 2 amide bonds. The molecule has 5 heteroatoms. The van der Waals surface area contributed by atoms with E-state index in [-0.39, 0.29) is 6.03 Å². The lowest BCUT2D eigenvalue weighted by Gasteiger charge is -2.18. The number of para-hydroxylation sites is 1. The normalized spacial score (nSPS) is 9.84. The molecule has 0 aliphatic heterocycles. The SMILES string of the molecule is CCCCN(C)C(=O)Nc1ccccc1C(=O)OC. The van der Waals surface area contributed by atoms with Crippen LogP contribution in [0, 0.1) is 0 Å². The number of rotatable bonds is 5. The summed E-state index contributed by atoms with van der Waals surface area (Å²) in [6.07, 6.45) is 1.97. The molecule has 0 unspecified atom stereocenters. The van der Waals surface area contributed by atoms with E-state index in [2.05, 4.69) is 17.0 Å². The van der Waals surface area contributed by atoms with E-state index in [1.165, 1.54) is 7.11 Å². The standard InChI is InChI=1S/C14H20N2O3/c1-4-5-10-16(2)14(18)15-12-9-7-6-8-11(12)13(17)19-3/h6-9H,4-5,10H2,1-3H3,(H,15,18). The zero-order valence-electron chi connectivity index (χ0n) is 11.6. The highest BCUT2D eigenvalue weighted by Crippen LogP contribution is 2.16. The van der Waals surface area contributed by atoms with Crippen LogP contribution in [0.15, 0.2) is 24.3 Å². The van der Waals surface area contributed by atoms with Gasteiger partial charge >= 0.3 is 12.0 Å². The molecule has 0 atom stereocenters. The van der Waals surface area contributed by atoms with Gasteiger partial charge in [-0.3, -0.25) is 0 Å². The van der Waals surface area contributed by atoms with Crippen molar-refractivity contribution in [2.75, 3.05) is 26.0 Å². The third-order valence-corrected chi connectivity index (χ3v) is 2.77. The molecule has 0 aromatic heterocycles. The zero-order chi connectivity index (χ0) is 14.3. The number of urea groups is 1. The van der Waals surface area contributed by atoms with Gasteiger partial charge in [0.25, 0.3) is 0 Å². The molecule has 0 bridgehead atoms. The van der Waals surface area contributed by atoms with Crippen LogP contribution >= 0.6 is 0 Å². The molecule has 1 aromatic rings. The number of ether oxygens (including phenoxy) is 1. The van der Waals surface area contributed by atoms with Gasteiger partial charge in [-0.15, -0.1) is 0 Å². The van der Waals surface area contributed by atoms with Gasteiger partial charge < -0.3 is 15.0 Å². The van der Waals surface area contributed by atoms with Crippen LogP contribution in [0.1, 0.15) is 30.1 Å². The van der Waals surface area contributed by atoms with Gasteiger partial charge in [-0.2, -0.15) is 0 Å². The molecule has 1 rings (SSSR count). The van der Waals surface area contributed by atoms with Crippen LogP contribution in [-0.4, -0.2) is 37.6 Å². The average Bonchev–Trinajstić information content (AvgIpc) is 2.44. The molecular formula is C14H20N2O3. The first kappa shape index (κ1) is 15.0. The fourth-order valence-corrected chi connectivity index (χ4v) is 1.59. The number of nitrogens with zero attached hydrogens (tertiary/aromatic N) is 1. The zero-order valence-corrected chi connectivity index (χ0v) is 11.6. The highest BCUT2D eigenvalue weighted by atomic mass is 16.5. The van der Waals surface area contributed by atoms with Crippen molar-refractivity contribution < 1.29 is 14.3 Å². The van der Waals surface area contributed by atoms with Crippen LogP contribution in [0.3, 0.4) is 0 Å². The van der Waals surface area contributed by atoms with E-state index in [9.17, 15) is 9.59 Å². The van der Waals surface area contributed by atoms with Crippen LogP contribution in [0.4, 0.5) is 10.5 Å². The van der Waals surface area contributed by atoms with Gasteiger partial charge in [-0.1, -0.05) is 25.5 Å². The van der Waals surface area contributed by atoms with E-state index in [1.807, 2.05) is 0 Å². The van der Waals surface area contributed by atoms with Gasteiger partial charge in [-0.05, 0) is 18.6 Å². The first-order chi connectivity index (χ1) is 9.10. The molecule has 0 spiro atoms. The Morgan fingerprint density at radius 2 is 2.00 bits per heavy atom. The summed E-state index contributed by atoms with van der Waals surface area (Å²) in [5.74, 6) is -0.466. The summed E-state index contributed by atoms with van der Waals surface area (Å²) < 4.78 is 4.68. The number of benzene rings is 1. The van der Waals surface area contributed by atoms with Crippen molar-refractivity contribution in [2.24, 2.45) is 0 Å². The van der Waals surface area contributed by atoms with Crippen LogP contribution in [0.25, 0.3) is 0 Å². The Labute approximate surface area is 113 Å². The highest BCUT2D eigenvalue weighted by molar-refractivity contribution is 6.00. The number of unbranched alkanes of at least 4 members (excludes halogenated alkanes) is 1. The molecule has 0 fully saturated rings. The van der Waals surface area contributed by atoms with Crippen molar-refractivity contribution in [1.29, 1.82) is 0 Å². The molecule has 0 aliphatic carbocycles. The van der Waals surface area contributed by atoms with Crippen LogP contribution < -0.4 is 5.32 Å². The Morgan fingerprint density at radius 1 is 1.32 bits per heavy atom. The maximum Gasteiger partial charge on any atom is 0.339 e. The Bertz CT molecular complexity index is 446. The van der Waals surface area contributed by atoms with E-state index in [0.717, 1.165) is 12.8 Å². The average molecular weight is 264 g/mol. The Kier molecular flexibility index (Phi) is 5.85. The van der Waals surface area contributed by atoms with E-state index in [4.69, 9.17) is 0 Å². The Morgan fingerprint density at radius 3 is 2.63 bits per heavy atom. The molecule has 19 heavy (non-hydrogen) atoms. The lowest BCUT2D eigenvalue weighted by atomic mass is 10.2. The summed E-state index contributed by atoms with van der Waals surface area (Å²) in [7, 11) is 3.04. The fourth-order valence-electron chi connectivity index (χ4n) is 1.59. The number of carbonyl (C=O) groups is 2. The number of esters is 1. The third kappa shape index (κ3) is 4.28. The van der Waals surface area contributed by atoms with Crippen LogP contribution in [0.5, 0.6) is 0 Å². The monoisotopic (exact) mass is 264 g/mol.